The highest BCUT2D eigenvalue weighted by Gasteiger charge is 2.27. The SMILES string of the molecule is CCOC(=O)/C(C#N)=C/Nc1cc(S(=O)(=O)N2CCCC2)ccc1O. The molecular weight excluding hydrogens is 346 g/mol. The van der Waals surface area contributed by atoms with Crippen LogP contribution in [0.15, 0.2) is 34.9 Å². The first-order valence-corrected chi connectivity index (χ1v) is 9.21. The number of nitrogens with one attached hydrogen (secondary N) is 1. The molecule has 1 saturated heterocycles. The molecule has 1 heterocycles. The van der Waals surface area contributed by atoms with E-state index in [0.717, 1.165) is 19.0 Å². The molecule has 1 aliphatic rings. The minimum absolute atomic E-state index is 0.0257. The number of benzene rings is 1. The molecule has 134 valence electrons. The summed E-state index contributed by atoms with van der Waals surface area (Å²) in [6.45, 7) is 2.66. The normalized spacial score (nSPS) is 15.6. The van der Waals surface area contributed by atoms with Crippen LogP contribution in [0.25, 0.3) is 0 Å². The van der Waals surface area contributed by atoms with Gasteiger partial charge in [0.25, 0.3) is 0 Å². The van der Waals surface area contributed by atoms with Gasteiger partial charge in [0, 0.05) is 19.3 Å². The number of sulfonamides is 1. The Morgan fingerprint density at radius 2 is 2.12 bits per heavy atom. The summed E-state index contributed by atoms with van der Waals surface area (Å²) in [4.78, 5) is 11.6. The first-order chi connectivity index (χ1) is 11.9. The van der Waals surface area contributed by atoms with E-state index in [2.05, 4.69) is 5.32 Å². The number of nitrogens with zero attached hydrogens (tertiary/aromatic N) is 2. The number of esters is 1. The zero-order valence-corrected chi connectivity index (χ0v) is 14.5. The molecule has 0 amide bonds. The Bertz CT molecular complexity index is 821. The van der Waals surface area contributed by atoms with Crippen molar-refractivity contribution in [1.29, 1.82) is 5.26 Å². The number of phenolic OH excluding ortho intramolecular Hbond substituents is 1. The lowest BCUT2D eigenvalue weighted by molar-refractivity contribution is -0.138. The Hall–Kier alpha value is -2.57. The molecule has 1 aromatic carbocycles. The molecule has 8 nitrogen and oxygen atoms in total. The van der Waals surface area contributed by atoms with Gasteiger partial charge in [0.2, 0.25) is 10.0 Å². The summed E-state index contributed by atoms with van der Waals surface area (Å²) < 4.78 is 31.2. The van der Waals surface area contributed by atoms with Crippen LogP contribution in [-0.2, 0) is 19.6 Å². The Balaban J connectivity index is 2.27. The highest BCUT2D eigenvalue weighted by Crippen LogP contribution is 2.29. The van der Waals surface area contributed by atoms with Crippen LogP contribution in [0.4, 0.5) is 5.69 Å². The van der Waals surface area contributed by atoms with Crippen LogP contribution in [0.5, 0.6) is 5.75 Å². The molecule has 9 heteroatoms. The van der Waals surface area contributed by atoms with Crippen LogP contribution in [0, 0.1) is 11.3 Å². The third-order valence-corrected chi connectivity index (χ3v) is 5.55. The highest BCUT2D eigenvalue weighted by atomic mass is 32.2. The van der Waals surface area contributed by atoms with Gasteiger partial charge in [-0.05, 0) is 38.0 Å². The van der Waals surface area contributed by atoms with Gasteiger partial charge in [-0.1, -0.05) is 0 Å². The van der Waals surface area contributed by atoms with Gasteiger partial charge in [-0.3, -0.25) is 0 Å². The Morgan fingerprint density at radius 3 is 2.72 bits per heavy atom. The van der Waals surface area contributed by atoms with E-state index >= 15 is 0 Å². The summed E-state index contributed by atoms with van der Waals surface area (Å²) in [6, 6.07) is 5.50. The van der Waals surface area contributed by atoms with Crippen LogP contribution in [0.3, 0.4) is 0 Å². The standard InChI is InChI=1S/C16H19N3O5S/c1-2-24-16(21)12(10-17)11-18-14-9-13(5-6-15(14)20)25(22,23)19-7-3-4-8-19/h5-6,9,11,18,20H,2-4,7-8H2,1H3/b12-11+. The summed E-state index contributed by atoms with van der Waals surface area (Å²) in [5, 5.41) is 21.5. The van der Waals surface area contributed by atoms with E-state index in [4.69, 9.17) is 10.00 Å². The minimum atomic E-state index is -3.64. The number of carbonyl (C=O) groups is 1. The van der Waals surface area contributed by atoms with Gasteiger partial charge in [-0.15, -0.1) is 0 Å². The van der Waals surface area contributed by atoms with Gasteiger partial charge in [-0.25, -0.2) is 13.2 Å². The van der Waals surface area contributed by atoms with E-state index in [1.807, 2.05) is 0 Å². The number of anilines is 1. The molecule has 0 spiro atoms. The number of aromatic hydroxyl groups is 1. The number of ether oxygens (including phenoxy) is 1. The molecular formula is C16H19N3O5S. The topological polar surface area (TPSA) is 120 Å². The van der Waals surface area contributed by atoms with Gasteiger partial charge in [0.05, 0.1) is 17.2 Å². The van der Waals surface area contributed by atoms with Crippen molar-refractivity contribution < 1.29 is 23.1 Å². The fraction of sp³-hybridized carbons (Fsp3) is 0.375. The molecule has 0 saturated carbocycles. The van der Waals surface area contributed by atoms with Crippen LogP contribution < -0.4 is 5.32 Å². The van der Waals surface area contributed by atoms with Crippen molar-refractivity contribution >= 4 is 21.7 Å². The van der Waals surface area contributed by atoms with Crippen LogP contribution in [0.1, 0.15) is 19.8 Å². The molecule has 0 unspecified atom stereocenters. The van der Waals surface area contributed by atoms with Crippen molar-refractivity contribution in [1.82, 2.24) is 4.31 Å². The van der Waals surface area contributed by atoms with Gasteiger partial charge in [0.1, 0.15) is 11.8 Å². The smallest absolute Gasteiger partial charge is 0.350 e. The summed E-state index contributed by atoms with van der Waals surface area (Å²) in [7, 11) is -3.64. The monoisotopic (exact) mass is 365 g/mol. The number of hydrogen-bond donors (Lipinski definition) is 2. The fourth-order valence-electron chi connectivity index (χ4n) is 2.36. The zero-order chi connectivity index (χ0) is 18.4. The van der Waals surface area contributed by atoms with E-state index in [1.165, 1.54) is 22.5 Å². The number of rotatable bonds is 6. The summed E-state index contributed by atoms with van der Waals surface area (Å²) in [5.74, 6) is -1.02. The van der Waals surface area contributed by atoms with Crippen molar-refractivity contribution in [3.05, 3.63) is 30.0 Å². The number of phenols is 1. The fourth-order valence-corrected chi connectivity index (χ4v) is 3.91. The van der Waals surface area contributed by atoms with Gasteiger partial charge < -0.3 is 15.2 Å². The van der Waals surface area contributed by atoms with Gasteiger partial charge in [-0.2, -0.15) is 9.57 Å². The molecule has 1 aliphatic heterocycles. The maximum atomic E-state index is 12.6. The lowest BCUT2D eigenvalue weighted by atomic mass is 10.2. The zero-order valence-electron chi connectivity index (χ0n) is 13.7. The number of hydrogen-bond acceptors (Lipinski definition) is 7. The Kier molecular flexibility index (Phi) is 6.01. The second-order valence-electron chi connectivity index (χ2n) is 5.32. The van der Waals surface area contributed by atoms with Crippen LogP contribution in [-0.4, -0.2) is 43.5 Å². The molecule has 2 N–H and O–H groups in total. The van der Waals surface area contributed by atoms with E-state index in [1.54, 1.807) is 13.0 Å². The third kappa shape index (κ3) is 4.29. The predicted octanol–water partition coefficient (Wildman–Crippen LogP) is 1.56. The molecule has 0 bridgehead atoms. The molecule has 0 radical (unpaired) electrons. The number of nitriles is 1. The minimum Gasteiger partial charge on any atom is -0.506 e. The average Bonchev–Trinajstić information content (AvgIpc) is 3.12. The van der Waals surface area contributed by atoms with Gasteiger partial charge in [0.15, 0.2) is 5.57 Å². The molecule has 1 aromatic rings. The van der Waals surface area contributed by atoms with E-state index in [9.17, 15) is 18.3 Å². The maximum Gasteiger partial charge on any atom is 0.350 e. The highest BCUT2D eigenvalue weighted by molar-refractivity contribution is 7.89. The largest absolute Gasteiger partial charge is 0.506 e. The summed E-state index contributed by atoms with van der Waals surface area (Å²) >= 11 is 0. The van der Waals surface area contributed by atoms with Gasteiger partial charge >= 0.3 is 5.97 Å². The van der Waals surface area contributed by atoms with Crippen molar-refractivity contribution in [2.24, 2.45) is 0 Å². The second kappa shape index (κ2) is 8.00. The third-order valence-electron chi connectivity index (χ3n) is 3.66. The van der Waals surface area contributed by atoms with Crippen molar-refractivity contribution in [2.75, 3.05) is 25.0 Å². The van der Waals surface area contributed by atoms with Crippen LogP contribution >= 0.6 is 0 Å². The van der Waals surface area contributed by atoms with E-state index in [-0.39, 0.29) is 28.5 Å². The predicted molar refractivity (Wildman–Crippen MR) is 90.1 cm³/mol. The second-order valence-corrected chi connectivity index (χ2v) is 7.26. The lowest BCUT2D eigenvalue weighted by Crippen LogP contribution is -2.27. The molecule has 2 rings (SSSR count). The van der Waals surface area contributed by atoms with E-state index < -0.39 is 16.0 Å². The lowest BCUT2D eigenvalue weighted by Gasteiger charge is -2.16. The molecule has 0 aliphatic carbocycles. The number of carbonyl (C=O) groups excluding carboxylic acids is 1. The summed E-state index contributed by atoms with van der Waals surface area (Å²) in [5.41, 5.74) is -0.230. The Labute approximate surface area is 146 Å². The van der Waals surface area contributed by atoms with E-state index in [0.29, 0.717) is 13.1 Å². The quantitative estimate of drug-likeness (QED) is 0.340. The Morgan fingerprint density at radius 1 is 1.44 bits per heavy atom. The van der Waals surface area contributed by atoms with Crippen LogP contribution in [0.2, 0.25) is 0 Å². The molecule has 1 fully saturated rings. The van der Waals surface area contributed by atoms with Crippen molar-refractivity contribution in [3.63, 3.8) is 0 Å². The molecule has 25 heavy (non-hydrogen) atoms. The molecule has 0 atom stereocenters. The summed E-state index contributed by atoms with van der Waals surface area (Å²) in [6.07, 6.45) is 2.70. The van der Waals surface area contributed by atoms with Crippen molar-refractivity contribution in [2.45, 2.75) is 24.7 Å². The molecule has 0 aromatic heterocycles. The first-order valence-electron chi connectivity index (χ1n) is 7.77. The van der Waals surface area contributed by atoms with Crippen molar-refractivity contribution in [3.8, 4) is 11.8 Å². The average molecular weight is 365 g/mol. The first kappa shape index (κ1) is 18.8. The maximum absolute atomic E-state index is 12.6.